The van der Waals surface area contributed by atoms with Gasteiger partial charge in [-0.1, -0.05) is 30.0 Å². The Balaban J connectivity index is 2.87. The van der Waals surface area contributed by atoms with E-state index in [9.17, 15) is 9.59 Å². The summed E-state index contributed by atoms with van der Waals surface area (Å²) in [5, 5.41) is 11.6. The van der Waals surface area contributed by atoms with Crippen LogP contribution in [0.4, 0.5) is 4.79 Å². The molecule has 1 aromatic carbocycles. The molecule has 1 aromatic rings. The zero-order chi connectivity index (χ0) is 15.9. The van der Waals surface area contributed by atoms with Gasteiger partial charge in [0.25, 0.3) is 0 Å². The number of hydrogen-bond donors (Lipinski definition) is 2. The fourth-order valence-electron chi connectivity index (χ4n) is 1.55. The monoisotopic (exact) mass is 329 g/mol. The van der Waals surface area contributed by atoms with E-state index in [0.717, 1.165) is 16.7 Å². The Morgan fingerprint density at radius 2 is 2.00 bits per heavy atom. The standard InChI is InChI=1S/C14H19NO4S2/c1-4-19-13(18)21-14(3,15-10(2)12(16)17)20-11-8-6-5-7-9-11/h5-10,15H,4H2,1-3H3,(H,16,17)/t10?,14-/m1/s1. The molecular formula is C14H19NO4S2. The second-order valence-corrected chi connectivity index (χ2v) is 7.45. The van der Waals surface area contributed by atoms with Crippen molar-refractivity contribution < 1.29 is 19.4 Å². The molecule has 0 aliphatic carbocycles. The van der Waals surface area contributed by atoms with Crippen molar-refractivity contribution in [1.29, 1.82) is 0 Å². The fourth-order valence-corrected chi connectivity index (χ4v) is 3.92. The highest BCUT2D eigenvalue weighted by molar-refractivity contribution is 8.25. The van der Waals surface area contributed by atoms with E-state index in [1.807, 2.05) is 30.3 Å². The van der Waals surface area contributed by atoms with Gasteiger partial charge in [-0.3, -0.25) is 10.1 Å². The molecule has 2 N–H and O–H groups in total. The van der Waals surface area contributed by atoms with E-state index in [0.29, 0.717) is 0 Å². The normalized spacial score (nSPS) is 15.0. The average Bonchev–Trinajstić information content (AvgIpc) is 2.39. The van der Waals surface area contributed by atoms with Crippen LogP contribution in [0, 0.1) is 0 Å². The Morgan fingerprint density at radius 3 is 2.52 bits per heavy atom. The number of rotatable bonds is 7. The second-order valence-electron chi connectivity index (χ2n) is 4.35. The van der Waals surface area contributed by atoms with E-state index in [1.54, 1.807) is 13.8 Å². The first kappa shape index (κ1) is 17.9. The molecule has 21 heavy (non-hydrogen) atoms. The molecule has 0 aliphatic rings. The van der Waals surface area contributed by atoms with Gasteiger partial charge in [0.1, 0.15) is 10.2 Å². The van der Waals surface area contributed by atoms with Gasteiger partial charge in [-0.2, -0.15) is 0 Å². The van der Waals surface area contributed by atoms with Gasteiger partial charge in [-0.15, -0.1) is 0 Å². The van der Waals surface area contributed by atoms with Gasteiger partial charge in [0.05, 0.1) is 6.61 Å². The van der Waals surface area contributed by atoms with Crippen molar-refractivity contribution in [3.63, 3.8) is 0 Å². The number of benzene rings is 1. The van der Waals surface area contributed by atoms with Crippen molar-refractivity contribution >= 4 is 34.8 Å². The number of aliphatic carboxylic acids is 1. The maximum Gasteiger partial charge on any atom is 0.369 e. The SMILES string of the molecule is CCOC(=O)S[C@](C)(NC(C)C(=O)O)Sc1ccccc1. The minimum absolute atomic E-state index is 0.284. The van der Waals surface area contributed by atoms with Crippen LogP contribution in [0.3, 0.4) is 0 Å². The number of carbonyl (C=O) groups excluding carboxylic acids is 1. The van der Waals surface area contributed by atoms with E-state index in [-0.39, 0.29) is 6.61 Å². The van der Waals surface area contributed by atoms with Crippen LogP contribution in [-0.2, 0) is 9.53 Å². The third-order valence-corrected chi connectivity index (χ3v) is 4.75. The Morgan fingerprint density at radius 1 is 1.38 bits per heavy atom. The average molecular weight is 329 g/mol. The Hall–Kier alpha value is -1.18. The molecule has 1 unspecified atom stereocenters. The molecule has 0 heterocycles. The minimum Gasteiger partial charge on any atom is -0.480 e. The van der Waals surface area contributed by atoms with Gasteiger partial charge in [-0.05, 0) is 44.7 Å². The topological polar surface area (TPSA) is 75.6 Å². The number of ether oxygens (including phenoxy) is 1. The lowest BCUT2D eigenvalue weighted by molar-refractivity contribution is -0.139. The van der Waals surface area contributed by atoms with Crippen molar-refractivity contribution in [3.8, 4) is 0 Å². The molecule has 0 bridgehead atoms. The predicted molar refractivity (Wildman–Crippen MR) is 85.6 cm³/mol. The molecule has 0 aromatic heterocycles. The van der Waals surface area contributed by atoms with Gasteiger partial charge >= 0.3 is 11.3 Å². The van der Waals surface area contributed by atoms with Gasteiger partial charge in [0, 0.05) is 4.90 Å². The fraction of sp³-hybridized carbons (Fsp3) is 0.429. The Labute approximate surface area is 132 Å². The van der Waals surface area contributed by atoms with Crippen LogP contribution >= 0.6 is 23.5 Å². The third kappa shape index (κ3) is 6.41. The van der Waals surface area contributed by atoms with Crippen molar-refractivity contribution in [2.24, 2.45) is 0 Å². The van der Waals surface area contributed by atoms with Crippen LogP contribution in [0.2, 0.25) is 0 Å². The number of carbonyl (C=O) groups is 2. The molecule has 0 spiro atoms. The number of carboxylic acid groups (broad SMARTS) is 1. The predicted octanol–water partition coefficient (Wildman–Crippen LogP) is 3.40. The maximum absolute atomic E-state index is 11.7. The summed E-state index contributed by atoms with van der Waals surface area (Å²) in [6.45, 7) is 5.32. The molecule has 0 aliphatic heterocycles. The van der Waals surface area contributed by atoms with E-state index in [4.69, 9.17) is 9.84 Å². The molecule has 2 atom stereocenters. The van der Waals surface area contributed by atoms with Crippen LogP contribution in [-0.4, -0.2) is 33.2 Å². The molecule has 7 heteroatoms. The van der Waals surface area contributed by atoms with Crippen molar-refractivity contribution in [2.75, 3.05) is 6.61 Å². The highest BCUT2D eigenvalue weighted by Crippen LogP contribution is 2.40. The lowest BCUT2D eigenvalue weighted by Crippen LogP contribution is -2.46. The summed E-state index contributed by atoms with van der Waals surface area (Å²) in [4.78, 5) is 23.7. The van der Waals surface area contributed by atoms with E-state index < -0.39 is 21.5 Å². The highest BCUT2D eigenvalue weighted by Gasteiger charge is 2.33. The van der Waals surface area contributed by atoms with E-state index in [1.165, 1.54) is 18.7 Å². The molecule has 0 saturated carbocycles. The van der Waals surface area contributed by atoms with Crippen LogP contribution in [0.1, 0.15) is 20.8 Å². The molecule has 0 fully saturated rings. The molecule has 0 saturated heterocycles. The summed E-state index contributed by atoms with van der Waals surface area (Å²) in [6, 6.07) is 8.70. The van der Waals surface area contributed by atoms with Crippen LogP contribution < -0.4 is 5.32 Å². The van der Waals surface area contributed by atoms with Crippen molar-refractivity contribution in [1.82, 2.24) is 5.32 Å². The first-order chi connectivity index (χ1) is 9.86. The maximum atomic E-state index is 11.7. The van der Waals surface area contributed by atoms with Crippen molar-refractivity contribution in [2.45, 2.75) is 35.9 Å². The van der Waals surface area contributed by atoms with Gasteiger partial charge in [-0.25, -0.2) is 4.79 Å². The van der Waals surface area contributed by atoms with E-state index >= 15 is 0 Å². The van der Waals surface area contributed by atoms with Gasteiger partial charge < -0.3 is 9.84 Å². The summed E-state index contributed by atoms with van der Waals surface area (Å²) in [5.74, 6) is -0.973. The quantitative estimate of drug-likeness (QED) is 0.451. The number of thioether (sulfide) groups is 2. The molecular weight excluding hydrogens is 310 g/mol. The van der Waals surface area contributed by atoms with Crippen LogP contribution in [0.5, 0.6) is 0 Å². The lowest BCUT2D eigenvalue weighted by atomic mass is 10.3. The minimum atomic E-state index is -0.973. The molecule has 1 rings (SSSR count). The van der Waals surface area contributed by atoms with Gasteiger partial charge in [0.2, 0.25) is 0 Å². The molecule has 5 nitrogen and oxygen atoms in total. The zero-order valence-electron chi connectivity index (χ0n) is 12.2. The zero-order valence-corrected chi connectivity index (χ0v) is 13.8. The summed E-state index contributed by atoms with van der Waals surface area (Å²) in [7, 11) is 0. The van der Waals surface area contributed by atoms with Crippen molar-refractivity contribution in [3.05, 3.63) is 30.3 Å². The second kappa shape index (κ2) is 8.31. The largest absolute Gasteiger partial charge is 0.480 e. The van der Waals surface area contributed by atoms with Gasteiger partial charge in [0.15, 0.2) is 0 Å². The molecule has 116 valence electrons. The van der Waals surface area contributed by atoms with Crippen LogP contribution in [0.25, 0.3) is 0 Å². The van der Waals surface area contributed by atoms with Crippen LogP contribution in [0.15, 0.2) is 35.2 Å². The van der Waals surface area contributed by atoms with E-state index in [2.05, 4.69) is 5.32 Å². The number of carboxylic acids is 1. The lowest BCUT2D eigenvalue weighted by Gasteiger charge is -2.30. The summed E-state index contributed by atoms with van der Waals surface area (Å²) in [5.41, 5.74) is 0. The summed E-state index contributed by atoms with van der Waals surface area (Å²) in [6.07, 6.45) is 0. The molecule has 0 radical (unpaired) electrons. The Bertz CT molecular complexity index is 483. The smallest absolute Gasteiger partial charge is 0.369 e. The first-order valence-corrected chi connectivity index (χ1v) is 8.10. The Kier molecular flexibility index (Phi) is 7.07. The molecule has 0 amide bonds. The highest BCUT2D eigenvalue weighted by atomic mass is 32.2. The third-order valence-electron chi connectivity index (χ3n) is 2.45. The number of nitrogens with one attached hydrogen (secondary N) is 1. The summed E-state index contributed by atoms with van der Waals surface area (Å²) < 4.78 is 4.10. The first-order valence-electron chi connectivity index (χ1n) is 6.46. The summed E-state index contributed by atoms with van der Waals surface area (Å²) >= 11 is 2.32. The number of hydrogen-bond acceptors (Lipinski definition) is 6.